The average Bonchev–Trinajstić information content (AvgIpc) is 2.74. The molecule has 1 aliphatic carbocycles. The first-order valence-electron chi connectivity index (χ1n) is 7.20. The summed E-state index contributed by atoms with van der Waals surface area (Å²) in [4.78, 5) is 2.16. The molecule has 1 aliphatic rings. The van der Waals surface area contributed by atoms with Crippen molar-refractivity contribution in [1.82, 2.24) is 4.90 Å². The zero-order valence-electron chi connectivity index (χ0n) is 12.8. The van der Waals surface area contributed by atoms with Crippen LogP contribution in [-0.2, 0) is 0 Å². The summed E-state index contributed by atoms with van der Waals surface area (Å²) in [5.74, 6) is 0.726. The van der Waals surface area contributed by atoms with Crippen molar-refractivity contribution in [3.63, 3.8) is 0 Å². The molecule has 112 valence electrons. The van der Waals surface area contributed by atoms with Gasteiger partial charge in [0.1, 0.15) is 11.9 Å². The van der Waals surface area contributed by atoms with E-state index in [4.69, 9.17) is 16.3 Å². The molecule has 0 amide bonds. The van der Waals surface area contributed by atoms with Gasteiger partial charge in [-0.2, -0.15) is 0 Å². The largest absolute Gasteiger partial charge is 0.483 e. The molecular weight excluding hydrogens is 282 g/mol. The summed E-state index contributed by atoms with van der Waals surface area (Å²) >= 11 is 6.24. The van der Waals surface area contributed by atoms with Crippen LogP contribution in [0.3, 0.4) is 0 Å². The third-order valence-corrected chi connectivity index (χ3v) is 4.01. The van der Waals surface area contributed by atoms with Crippen LogP contribution in [0.25, 0.3) is 0 Å². The maximum Gasteiger partial charge on any atom is 0.139 e. The normalized spacial score (nSPS) is 17.3. The van der Waals surface area contributed by atoms with Crippen LogP contribution in [0.15, 0.2) is 60.2 Å². The van der Waals surface area contributed by atoms with E-state index in [1.165, 1.54) is 5.57 Å². The standard InChI is InChI=1S/C18H22ClNO/c1-14(20(2)3)18(15-10-6-4-5-7-11-15)21-17-13-9-8-12-16(17)19/h4-6,8-14,18H,7H2,1-3H3. The topological polar surface area (TPSA) is 12.5 Å². The van der Waals surface area contributed by atoms with Gasteiger partial charge in [-0.3, -0.25) is 0 Å². The second-order valence-electron chi connectivity index (χ2n) is 5.40. The molecule has 1 aromatic carbocycles. The predicted octanol–water partition coefficient (Wildman–Crippen LogP) is 4.48. The highest BCUT2D eigenvalue weighted by Gasteiger charge is 2.24. The lowest BCUT2D eigenvalue weighted by Gasteiger charge is -2.31. The van der Waals surface area contributed by atoms with Gasteiger partial charge >= 0.3 is 0 Å². The molecule has 0 aliphatic heterocycles. The molecule has 1 aromatic rings. The summed E-state index contributed by atoms with van der Waals surface area (Å²) in [7, 11) is 4.12. The molecule has 2 unspecified atom stereocenters. The summed E-state index contributed by atoms with van der Waals surface area (Å²) < 4.78 is 6.24. The van der Waals surface area contributed by atoms with Crippen molar-refractivity contribution in [2.45, 2.75) is 25.5 Å². The van der Waals surface area contributed by atoms with Gasteiger partial charge < -0.3 is 9.64 Å². The molecule has 2 rings (SSSR count). The average molecular weight is 304 g/mol. The number of likely N-dealkylation sites (N-methyl/N-ethyl adjacent to an activating group) is 1. The van der Waals surface area contributed by atoms with E-state index in [0.29, 0.717) is 5.02 Å². The van der Waals surface area contributed by atoms with E-state index in [2.05, 4.69) is 56.3 Å². The van der Waals surface area contributed by atoms with Crippen molar-refractivity contribution in [3.8, 4) is 5.75 Å². The number of para-hydroxylation sites is 1. The maximum absolute atomic E-state index is 6.24. The minimum absolute atomic E-state index is 0.0592. The number of hydrogen-bond acceptors (Lipinski definition) is 2. The molecule has 2 atom stereocenters. The second kappa shape index (κ2) is 7.48. The highest BCUT2D eigenvalue weighted by molar-refractivity contribution is 6.32. The van der Waals surface area contributed by atoms with Gasteiger partial charge in [-0.15, -0.1) is 0 Å². The van der Waals surface area contributed by atoms with Crippen molar-refractivity contribution in [2.24, 2.45) is 0 Å². The van der Waals surface area contributed by atoms with E-state index in [1.807, 2.05) is 24.3 Å². The second-order valence-corrected chi connectivity index (χ2v) is 5.81. The summed E-state index contributed by atoms with van der Waals surface area (Å²) in [5, 5.41) is 0.643. The van der Waals surface area contributed by atoms with Crippen molar-refractivity contribution in [2.75, 3.05) is 14.1 Å². The van der Waals surface area contributed by atoms with Gasteiger partial charge in [0.25, 0.3) is 0 Å². The van der Waals surface area contributed by atoms with E-state index >= 15 is 0 Å². The van der Waals surface area contributed by atoms with Gasteiger partial charge in [-0.25, -0.2) is 0 Å². The fourth-order valence-electron chi connectivity index (χ4n) is 2.20. The van der Waals surface area contributed by atoms with E-state index in [-0.39, 0.29) is 12.1 Å². The first kappa shape index (κ1) is 15.9. The highest BCUT2D eigenvalue weighted by Crippen LogP contribution is 2.28. The summed E-state index contributed by atoms with van der Waals surface area (Å²) in [6, 6.07) is 7.85. The molecule has 3 heteroatoms. The van der Waals surface area contributed by atoms with Crippen LogP contribution in [0, 0.1) is 0 Å². The first-order valence-corrected chi connectivity index (χ1v) is 7.58. The Balaban J connectivity index is 2.28. The fraction of sp³-hybridized carbons (Fsp3) is 0.333. The summed E-state index contributed by atoms with van der Waals surface area (Å²) in [5.41, 5.74) is 1.18. The molecule has 0 bridgehead atoms. The number of allylic oxidation sites excluding steroid dienone is 4. The SMILES string of the molecule is CC(C(Oc1ccccc1Cl)C1=CCC=CC=C1)N(C)C. The summed E-state index contributed by atoms with van der Waals surface area (Å²) in [6.45, 7) is 2.16. The van der Waals surface area contributed by atoms with Crippen LogP contribution in [0.2, 0.25) is 5.02 Å². The molecule has 21 heavy (non-hydrogen) atoms. The van der Waals surface area contributed by atoms with Gasteiger partial charge in [-0.05, 0) is 45.1 Å². The van der Waals surface area contributed by atoms with Crippen LogP contribution in [0.1, 0.15) is 13.3 Å². The Morgan fingerprint density at radius 1 is 1.19 bits per heavy atom. The van der Waals surface area contributed by atoms with Crippen molar-refractivity contribution < 1.29 is 4.74 Å². The zero-order valence-corrected chi connectivity index (χ0v) is 13.5. The number of hydrogen-bond donors (Lipinski definition) is 0. The fourth-order valence-corrected chi connectivity index (χ4v) is 2.38. The molecule has 0 fully saturated rings. The van der Waals surface area contributed by atoms with Crippen molar-refractivity contribution in [3.05, 3.63) is 65.2 Å². The lowest BCUT2D eigenvalue weighted by molar-refractivity contribution is 0.136. The predicted molar refractivity (Wildman–Crippen MR) is 90.0 cm³/mol. The molecule has 0 aromatic heterocycles. The van der Waals surface area contributed by atoms with Crippen LogP contribution < -0.4 is 4.74 Å². The van der Waals surface area contributed by atoms with Crippen LogP contribution >= 0.6 is 11.6 Å². The van der Waals surface area contributed by atoms with Crippen LogP contribution in [-0.4, -0.2) is 31.1 Å². The van der Waals surface area contributed by atoms with Gasteiger partial charge in [0.2, 0.25) is 0 Å². The lowest BCUT2D eigenvalue weighted by atomic mass is 10.0. The Labute approximate surface area is 132 Å². The zero-order chi connectivity index (χ0) is 15.2. The van der Waals surface area contributed by atoms with Crippen molar-refractivity contribution >= 4 is 11.6 Å². The minimum Gasteiger partial charge on any atom is -0.483 e. The Kier molecular flexibility index (Phi) is 5.66. The molecule has 0 saturated carbocycles. The van der Waals surface area contributed by atoms with Gasteiger partial charge in [0, 0.05) is 6.04 Å². The Morgan fingerprint density at radius 3 is 2.67 bits per heavy atom. The molecule has 0 heterocycles. The molecule has 0 N–H and O–H groups in total. The molecule has 0 spiro atoms. The Hall–Kier alpha value is -1.51. The number of ether oxygens (including phenoxy) is 1. The first-order chi connectivity index (χ1) is 10.1. The number of rotatable bonds is 5. The molecule has 0 saturated heterocycles. The van der Waals surface area contributed by atoms with E-state index in [1.54, 1.807) is 0 Å². The lowest BCUT2D eigenvalue weighted by Crippen LogP contribution is -2.41. The molecule has 2 nitrogen and oxygen atoms in total. The van der Waals surface area contributed by atoms with Gasteiger partial charge in [0.15, 0.2) is 0 Å². The summed E-state index contributed by atoms with van der Waals surface area (Å²) in [6.07, 6.45) is 11.4. The Morgan fingerprint density at radius 2 is 1.95 bits per heavy atom. The van der Waals surface area contributed by atoms with Crippen LogP contribution in [0.4, 0.5) is 0 Å². The third-order valence-electron chi connectivity index (χ3n) is 3.70. The van der Waals surface area contributed by atoms with Gasteiger partial charge in [0.05, 0.1) is 5.02 Å². The minimum atomic E-state index is -0.0592. The molecule has 0 radical (unpaired) electrons. The van der Waals surface area contributed by atoms with Gasteiger partial charge in [-0.1, -0.05) is 54.1 Å². The monoisotopic (exact) mass is 303 g/mol. The van der Waals surface area contributed by atoms with E-state index in [9.17, 15) is 0 Å². The smallest absolute Gasteiger partial charge is 0.139 e. The van der Waals surface area contributed by atoms with Crippen molar-refractivity contribution in [1.29, 1.82) is 0 Å². The third kappa shape index (κ3) is 4.23. The molecular formula is C18H22ClNO. The maximum atomic E-state index is 6.24. The highest BCUT2D eigenvalue weighted by atomic mass is 35.5. The quantitative estimate of drug-likeness (QED) is 0.795. The van der Waals surface area contributed by atoms with E-state index < -0.39 is 0 Å². The number of benzene rings is 1. The van der Waals surface area contributed by atoms with E-state index in [0.717, 1.165) is 12.2 Å². The van der Waals surface area contributed by atoms with Crippen LogP contribution in [0.5, 0.6) is 5.75 Å². The number of nitrogens with zero attached hydrogens (tertiary/aromatic N) is 1. The number of halogens is 1. The Bertz CT molecular complexity index is 560.